The minimum Gasteiger partial charge on any atom is -0.300 e. The van der Waals surface area contributed by atoms with Crippen LogP contribution >= 0.6 is 11.3 Å². The van der Waals surface area contributed by atoms with Crippen LogP contribution in [0.4, 0.5) is 0 Å². The largest absolute Gasteiger partial charge is 0.300 e. The van der Waals surface area contributed by atoms with Crippen LogP contribution in [0.5, 0.6) is 0 Å². The van der Waals surface area contributed by atoms with E-state index in [9.17, 15) is 4.79 Å². The molecule has 0 bridgehead atoms. The average molecular weight is 231 g/mol. The molecule has 0 radical (unpaired) electrons. The SMILES string of the molecule is CC(=O)Cc1nc(-c2ccccc2C)cs1. The highest BCUT2D eigenvalue weighted by Crippen LogP contribution is 2.24. The van der Waals surface area contributed by atoms with Gasteiger partial charge in [0, 0.05) is 10.9 Å². The van der Waals surface area contributed by atoms with Gasteiger partial charge >= 0.3 is 0 Å². The fourth-order valence-corrected chi connectivity index (χ4v) is 2.45. The first-order valence-electron chi connectivity index (χ1n) is 5.16. The third kappa shape index (κ3) is 2.36. The molecule has 0 aliphatic heterocycles. The van der Waals surface area contributed by atoms with Crippen molar-refractivity contribution < 1.29 is 4.79 Å². The van der Waals surface area contributed by atoms with E-state index in [1.165, 1.54) is 5.56 Å². The number of hydrogen-bond acceptors (Lipinski definition) is 3. The van der Waals surface area contributed by atoms with E-state index >= 15 is 0 Å². The molecule has 0 aliphatic rings. The third-order valence-corrected chi connectivity index (χ3v) is 3.22. The molecule has 0 amide bonds. The van der Waals surface area contributed by atoms with Gasteiger partial charge in [-0.25, -0.2) is 4.98 Å². The fourth-order valence-electron chi connectivity index (χ4n) is 1.59. The smallest absolute Gasteiger partial charge is 0.136 e. The van der Waals surface area contributed by atoms with Gasteiger partial charge < -0.3 is 0 Å². The molecule has 2 nitrogen and oxygen atoms in total. The molecule has 1 aromatic carbocycles. The molecule has 1 aromatic heterocycles. The molecule has 3 heteroatoms. The van der Waals surface area contributed by atoms with Gasteiger partial charge in [0.05, 0.1) is 12.1 Å². The van der Waals surface area contributed by atoms with Gasteiger partial charge in [-0.1, -0.05) is 24.3 Å². The number of ketones is 1. The van der Waals surface area contributed by atoms with Crippen LogP contribution in [0.15, 0.2) is 29.6 Å². The van der Waals surface area contributed by atoms with Gasteiger partial charge in [-0.2, -0.15) is 0 Å². The van der Waals surface area contributed by atoms with Gasteiger partial charge in [0.15, 0.2) is 0 Å². The lowest BCUT2D eigenvalue weighted by atomic mass is 10.1. The summed E-state index contributed by atoms with van der Waals surface area (Å²) in [5, 5.41) is 2.91. The Hall–Kier alpha value is -1.48. The summed E-state index contributed by atoms with van der Waals surface area (Å²) in [7, 11) is 0. The second-order valence-electron chi connectivity index (χ2n) is 3.82. The second kappa shape index (κ2) is 4.58. The molecule has 82 valence electrons. The summed E-state index contributed by atoms with van der Waals surface area (Å²) < 4.78 is 0. The van der Waals surface area contributed by atoms with Crippen molar-refractivity contribution in [2.45, 2.75) is 20.3 Å². The molecule has 0 atom stereocenters. The van der Waals surface area contributed by atoms with Gasteiger partial charge in [-0.3, -0.25) is 4.79 Å². The molecular weight excluding hydrogens is 218 g/mol. The van der Waals surface area contributed by atoms with E-state index < -0.39 is 0 Å². The maximum atomic E-state index is 11.0. The predicted octanol–water partition coefficient (Wildman–Crippen LogP) is 3.25. The van der Waals surface area contributed by atoms with Gasteiger partial charge in [0.2, 0.25) is 0 Å². The number of carbonyl (C=O) groups is 1. The number of carbonyl (C=O) groups excluding carboxylic acids is 1. The Labute approximate surface area is 99.0 Å². The van der Waals surface area contributed by atoms with E-state index in [1.54, 1.807) is 18.3 Å². The van der Waals surface area contributed by atoms with Crippen LogP contribution in [-0.4, -0.2) is 10.8 Å². The van der Waals surface area contributed by atoms with Crippen molar-refractivity contribution in [3.8, 4) is 11.3 Å². The summed E-state index contributed by atoms with van der Waals surface area (Å²) in [6.07, 6.45) is 0.441. The Morgan fingerprint density at radius 3 is 2.81 bits per heavy atom. The minimum atomic E-state index is 0.158. The summed E-state index contributed by atoms with van der Waals surface area (Å²) in [6.45, 7) is 3.66. The zero-order chi connectivity index (χ0) is 11.5. The van der Waals surface area contributed by atoms with Crippen LogP contribution < -0.4 is 0 Å². The number of thiazole rings is 1. The zero-order valence-electron chi connectivity index (χ0n) is 9.36. The first-order chi connectivity index (χ1) is 7.66. The quantitative estimate of drug-likeness (QED) is 0.811. The lowest BCUT2D eigenvalue weighted by molar-refractivity contribution is -0.116. The Morgan fingerprint density at radius 2 is 2.12 bits per heavy atom. The summed E-state index contributed by atoms with van der Waals surface area (Å²) in [5.41, 5.74) is 3.33. The molecule has 0 unspecified atom stereocenters. The van der Waals surface area contributed by atoms with Crippen molar-refractivity contribution in [1.29, 1.82) is 0 Å². The molecule has 0 saturated heterocycles. The molecule has 0 aliphatic carbocycles. The predicted molar refractivity (Wildman–Crippen MR) is 66.7 cm³/mol. The zero-order valence-corrected chi connectivity index (χ0v) is 10.2. The van der Waals surface area contributed by atoms with E-state index in [2.05, 4.69) is 24.0 Å². The lowest BCUT2D eigenvalue weighted by Crippen LogP contribution is -1.95. The van der Waals surface area contributed by atoms with Crippen molar-refractivity contribution in [2.75, 3.05) is 0 Å². The molecular formula is C13H13NOS. The monoisotopic (exact) mass is 231 g/mol. The molecule has 16 heavy (non-hydrogen) atoms. The molecule has 0 spiro atoms. The number of aryl methyl sites for hydroxylation is 1. The molecule has 2 aromatic rings. The van der Waals surface area contributed by atoms with E-state index in [0.717, 1.165) is 16.3 Å². The maximum absolute atomic E-state index is 11.0. The van der Waals surface area contributed by atoms with Crippen molar-refractivity contribution in [2.24, 2.45) is 0 Å². The summed E-state index contributed by atoms with van der Waals surface area (Å²) in [6, 6.07) is 8.15. The first-order valence-corrected chi connectivity index (χ1v) is 6.04. The van der Waals surface area contributed by atoms with Gasteiger partial charge in [-0.05, 0) is 19.4 Å². The Morgan fingerprint density at radius 1 is 1.38 bits per heavy atom. The highest BCUT2D eigenvalue weighted by Gasteiger charge is 2.07. The van der Waals surface area contributed by atoms with Crippen LogP contribution in [0.1, 0.15) is 17.5 Å². The van der Waals surface area contributed by atoms with Crippen LogP contribution in [-0.2, 0) is 11.2 Å². The standard InChI is InChI=1S/C13H13NOS/c1-9-5-3-4-6-11(9)12-8-16-13(14-12)7-10(2)15/h3-6,8H,7H2,1-2H3. The van der Waals surface area contributed by atoms with Gasteiger partial charge in [0.1, 0.15) is 10.8 Å². The summed E-state index contributed by atoms with van der Waals surface area (Å²) in [5.74, 6) is 0.158. The fraction of sp³-hybridized carbons (Fsp3) is 0.231. The van der Waals surface area contributed by atoms with E-state index in [0.29, 0.717) is 6.42 Å². The molecule has 1 heterocycles. The third-order valence-electron chi connectivity index (χ3n) is 2.37. The number of benzene rings is 1. The highest BCUT2D eigenvalue weighted by molar-refractivity contribution is 7.10. The number of Topliss-reactive ketones (excluding diaryl/α,β-unsaturated/α-hetero) is 1. The van der Waals surface area contributed by atoms with Crippen LogP contribution in [0.25, 0.3) is 11.3 Å². The van der Waals surface area contributed by atoms with Crippen molar-refractivity contribution in [3.63, 3.8) is 0 Å². The number of hydrogen-bond donors (Lipinski definition) is 0. The lowest BCUT2D eigenvalue weighted by Gasteiger charge is -2.00. The van der Waals surface area contributed by atoms with Crippen LogP contribution in [0, 0.1) is 6.92 Å². The van der Waals surface area contributed by atoms with Crippen molar-refractivity contribution in [3.05, 3.63) is 40.2 Å². The molecule has 0 saturated carbocycles. The molecule has 0 N–H and O–H groups in total. The number of rotatable bonds is 3. The van der Waals surface area contributed by atoms with Gasteiger partial charge in [0.25, 0.3) is 0 Å². The Balaban J connectivity index is 2.32. The summed E-state index contributed by atoms with van der Waals surface area (Å²) in [4.78, 5) is 15.5. The average Bonchev–Trinajstić information content (AvgIpc) is 2.66. The van der Waals surface area contributed by atoms with Crippen molar-refractivity contribution in [1.82, 2.24) is 4.98 Å². The highest BCUT2D eigenvalue weighted by atomic mass is 32.1. The van der Waals surface area contributed by atoms with E-state index in [4.69, 9.17) is 0 Å². The van der Waals surface area contributed by atoms with E-state index in [-0.39, 0.29) is 5.78 Å². The van der Waals surface area contributed by atoms with Crippen molar-refractivity contribution >= 4 is 17.1 Å². The maximum Gasteiger partial charge on any atom is 0.136 e. The molecule has 2 rings (SSSR count). The molecule has 0 fully saturated rings. The van der Waals surface area contributed by atoms with Gasteiger partial charge in [-0.15, -0.1) is 11.3 Å². The second-order valence-corrected chi connectivity index (χ2v) is 4.76. The number of aromatic nitrogens is 1. The number of nitrogens with zero attached hydrogens (tertiary/aromatic N) is 1. The van der Waals surface area contributed by atoms with Crippen LogP contribution in [0.2, 0.25) is 0 Å². The first kappa shape index (κ1) is 11.0. The normalized spacial score (nSPS) is 10.4. The topological polar surface area (TPSA) is 30.0 Å². The Kier molecular flexibility index (Phi) is 3.15. The summed E-state index contributed by atoms with van der Waals surface area (Å²) >= 11 is 1.55. The van der Waals surface area contributed by atoms with Crippen LogP contribution in [0.3, 0.4) is 0 Å². The van der Waals surface area contributed by atoms with E-state index in [1.807, 2.05) is 17.5 Å². The minimum absolute atomic E-state index is 0.158. The Bertz CT molecular complexity index is 516.